The number of hydrogen-bond acceptors (Lipinski definition) is 4. The second kappa shape index (κ2) is 4.84. The smallest absolute Gasteiger partial charge is 0.333 e. The standard InChI is InChI=1S/C18H26O4/c1-10-8-15(22-12(3)19)18-11(2)13(16(20)21-5)9-17(18,4)7-6-14(10)18/h9-11,14-15H,6-8H2,1-5H3. The van der Waals surface area contributed by atoms with Gasteiger partial charge in [0.1, 0.15) is 6.10 Å². The second-order valence-corrected chi connectivity index (χ2v) is 7.62. The molecule has 0 aromatic carbocycles. The van der Waals surface area contributed by atoms with E-state index >= 15 is 0 Å². The summed E-state index contributed by atoms with van der Waals surface area (Å²) in [5.74, 6) is 0.610. The number of allylic oxidation sites excluding steroid dienone is 1. The highest BCUT2D eigenvalue weighted by atomic mass is 16.5. The van der Waals surface area contributed by atoms with Gasteiger partial charge in [-0.2, -0.15) is 0 Å². The van der Waals surface area contributed by atoms with E-state index in [4.69, 9.17) is 9.47 Å². The minimum Gasteiger partial charge on any atom is -0.466 e. The Morgan fingerprint density at radius 1 is 1.32 bits per heavy atom. The molecule has 1 spiro atoms. The lowest BCUT2D eigenvalue weighted by atomic mass is 9.60. The molecular formula is C18H26O4. The molecule has 0 bridgehead atoms. The van der Waals surface area contributed by atoms with Crippen LogP contribution in [0.2, 0.25) is 0 Å². The van der Waals surface area contributed by atoms with Gasteiger partial charge in [0.15, 0.2) is 0 Å². The summed E-state index contributed by atoms with van der Waals surface area (Å²) in [6.45, 7) is 8.08. The SMILES string of the molecule is COC(=O)C1=CC2(C)CCC3C(C)CC(OC(C)=O)C32C1C. The third-order valence-electron chi connectivity index (χ3n) is 6.77. The van der Waals surface area contributed by atoms with Gasteiger partial charge in [0.2, 0.25) is 0 Å². The lowest BCUT2D eigenvalue weighted by Crippen LogP contribution is -2.47. The van der Waals surface area contributed by atoms with Crippen molar-refractivity contribution in [1.29, 1.82) is 0 Å². The number of methoxy groups -OCH3 is 1. The van der Waals surface area contributed by atoms with E-state index in [0.29, 0.717) is 11.8 Å². The molecule has 0 aromatic heterocycles. The van der Waals surface area contributed by atoms with E-state index in [1.54, 1.807) is 0 Å². The topological polar surface area (TPSA) is 52.6 Å². The van der Waals surface area contributed by atoms with Gasteiger partial charge in [0, 0.05) is 17.9 Å². The lowest BCUT2D eigenvalue weighted by Gasteiger charge is -2.46. The highest BCUT2D eigenvalue weighted by Gasteiger charge is 2.72. The number of carbonyl (C=O) groups is 2. The maximum absolute atomic E-state index is 12.2. The molecule has 3 aliphatic carbocycles. The Balaban J connectivity index is 2.09. The first-order valence-electron chi connectivity index (χ1n) is 8.26. The fourth-order valence-electron chi connectivity index (χ4n) is 6.11. The van der Waals surface area contributed by atoms with Gasteiger partial charge in [-0.15, -0.1) is 0 Å². The average molecular weight is 306 g/mol. The Hall–Kier alpha value is -1.32. The molecule has 3 aliphatic rings. The number of hydrogen-bond donors (Lipinski definition) is 0. The number of rotatable bonds is 2. The highest BCUT2D eigenvalue weighted by molar-refractivity contribution is 5.90. The summed E-state index contributed by atoms with van der Waals surface area (Å²) < 4.78 is 10.8. The molecule has 4 nitrogen and oxygen atoms in total. The van der Waals surface area contributed by atoms with E-state index < -0.39 is 0 Å². The first kappa shape index (κ1) is 15.6. The molecule has 0 aliphatic heterocycles. The maximum atomic E-state index is 12.2. The third-order valence-corrected chi connectivity index (χ3v) is 6.77. The van der Waals surface area contributed by atoms with E-state index in [2.05, 4.69) is 26.8 Å². The van der Waals surface area contributed by atoms with Crippen molar-refractivity contribution < 1.29 is 19.1 Å². The van der Waals surface area contributed by atoms with Crippen LogP contribution in [0.1, 0.15) is 47.0 Å². The summed E-state index contributed by atoms with van der Waals surface area (Å²) in [7, 11) is 1.43. The van der Waals surface area contributed by atoms with E-state index in [1.807, 2.05) is 0 Å². The number of ether oxygens (including phenoxy) is 2. The largest absolute Gasteiger partial charge is 0.466 e. The molecule has 6 atom stereocenters. The normalized spacial score (nSPS) is 46.0. The predicted octanol–water partition coefficient (Wildman–Crippen LogP) is 3.11. The molecule has 0 N–H and O–H groups in total. The predicted molar refractivity (Wildman–Crippen MR) is 81.9 cm³/mol. The summed E-state index contributed by atoms with van der Waals surface area (Å²) >= 11 is 0. The molecule has 0 saturated heterocycles. The Kier molecular flexibility index (Phi) is 3.42. The summed E-state index contributed by atoms with van der Waals surface area (Å²) in [6.07, 6.45) is 5.10. The van der Waals surface area contributed by atoms with Crippen molar-refractivity contribution in [1.82, 2.24) is 0 Å². The summed E-state index contributed by atoms with van der Waals surface area (Å²) in [5.41, 5.74) is 0.522. The van der Waals surface area contributed by atoms with Crippen molar-refractivity contribution in [2.75, 3.05) is 7.11 Å². The molecule has 0 amide bonds. The van der Waals surface area contributed by atoms with Gasteiger partial charge in [0.05, 0.1) is 7.11 Å². The molecule has 0 radical (unpaired) electrons. The summed E-state index contributed by atoms with van der Waals surface area (Å²) in [5, 5.41) is 0. The molecule has 122 valence electrons. The van der Waals surface area contributed by atoms with Crippen LogP contribution < -0.4 is 0 Å². The van der Waals surface area contributed by atoms with E-state index in [9.17, 15) is 9.59 Å². The zero-order chi connectivity index (χ0) is 16.3. The molecule has 4 heteroatoms. The fourth-order valence-corrected chi connectivity index (χ4v) is 6.11. The third kappa shape index (κ3) is 1.70. The Morgan fingerprint density at radius 3 is 2.59 bits per heavy atom. The van der Waals surface area contributed by atoms with Gasteiger partial charge in [-0.1, -0.05) is 26.8 Å². The van der Waals surface area contributed by atoms with Crippen molar-refractivity contribution in [3.63, 3.8) is 0 Å². The van der Waals surface area contributed by atoms with Gasteiger partial charge in [-0.3, -0.25) is 4.79 Å². The van der Waals surface area contributed by atoms with Crippen LogP contribution in [-0.2, 0) is 19.1 Å². The monoisotopic (exact) mass is 306 g/mol. The van der Waals surface area contributed by atoms with Gasteiger partial charge in [-0.25, -0.2) is 4.79 Å². The van der Waals surface area contributed by atoms with Crippen molar-refractivity contribution >= 4 is 11.9 Å². The van der Waals surface area contributed by atoms with Crippen LogP contribution in [0, 0.1) is 28.6 Å². The van der Waals surface area contributed by atoms with Crippen LogP contribution in [-0.4, -0.2) is 25.2 Å². The van der Waals surface area contributed by atoms with Gasteiger partial charge < -0.3 is 9.47 Å². The van der Waals surface area contributed by atoms with Crippen molar-refractivity contribution in [3.8, 4) is 0 Å². The van der Waals surface area contributed by atoms with Crippen LogP contribution in [0.15, 0.2) is 11.6 Å². The zero-order valence-electron chi connectivity index (χ0n) is 14.1. The van der Waals surface area contributed by atoms with Crippen molar-refractivity contribution in [3.05, 3.63) is 11.6 Å². The van der Waals surface area contributed by atoms with Gasteiger partial charge >= 0.3 is 11.9 Å². The highest BCUT2D eigenvalue weighted by Crippen LogP contribution is 2.73. The first-order valence-corrected chi connectivity index (χ1v) is 8.26. The fraction of sp³-hybridized carbons (Fsp3) is 0.778. The van der Waals surface area contributed by atoms with E-state index in [1.165, 1.54) is 14.0 Å². The maximum Gasteiger partial charge on any atom is 0.333 e. The minimum absolute atomic E-state index is 0.0618. The van der Waals surface area contributed by atoms with Crippen LogP contribution >= 0.6 is 0 Å². The van der Waals surface area contributed by atoms with Gasteiger partial charge in [-0.05, 0) is 42.4 Å². The van der Waals surface area contributed by atoms with Gasteiger partial charge in [0.25, 0.3) is 0 Å². The molecule has 22 heavy (non-hydrogen) atoms. The Labute approximate surface area is 132 Å². The summed E-state index contributed by atoms with van der Waals surface area (Å²) in [4.78, 5) is 23.8. The molecule has 0 heterocycles. The van der Waals surface area contributed by atoms with E-state index in [-0.39, 0.29) is 34.8 Å². The van der Waals surface area contributed by atoms with Crippen molar-refractivity contribution in [2.24, 2.45) is 28.6 Å². The molecular weight excluding hydrogens is 280 g/mol. The van der Waals surface area contributed by atoms with Crippen molar-refractivity contribution in [2.45, 2.75) is 53.1 Å². The summed E-state index contributed by atoms with van der Waals surface area (Å²) in [6, 6.07) is 0. The minimum atomic E-state index is -0.239. The molecule has 3 rings (SSSR count). The lowest BCUT2D eigenvalue weighted by molar-refractivity contribution is -0.158. The Morgan fingerprint density at radius 2 is 2.00 bits per heavy atom. The zero-order valence-corrected chi connectivity index (χ0v) is 14.1. The molecule has 6 unspecified atom stereocenters. The number of esters is 2. The van der Waals surface area contributed by atoms with Crippen LogP contribution in [0.4, 0.5) is 0 Å². The quantitative estimate of drug-likeness (QED) is 0.736. The van der Waals surface area contributed by atoms with Crippen LogP contribution in [0.25, 0.3) is 0 Å². The second-order valence-electron chi connectivity index (χ2n) is 7.62. The number of carbonyl (C=O) groups excluding carboxylic acids is 2. The molecule has 2 saturated carbocycles. The first-order chi connectivity index (χ1) is 10.3. The Bertz CT molecular complexity index is 551. The molecule has 0 aromatic rings. The van der Waals surface area contributed by atoms with Crippen LogP contribution in [0.5, 0.6) is 0 Å². The van der Waals surface area contributed by atoms with E-state index in [0.717, 1.165) is 24.8 Å². The average Bonchev–Trinajstić information content (AvgIpc) is 2.97. The van der Waals surface area contributed by atoms with Crippen LogP contribution in [0.3, 0.4) is 0 Å². The molecule has 2 fully saturated rings.